The van der Waals surface area contributed by atoms with Gasteiger partial charge in [0.1, 0.15) is 0 Å². The highest BCUT2D eigenvalue weighted by Gasteiger charge is 2.17. The normalized spacial score (nSPS) is 11.2. The van der Waals surface area contributed by atoms with Gasteiger partial charge in [0.2, 0.25) is 0 Å². The second-order valence-electron chi connectivity index (χ2n) is 3.29. The lowest BCUT2D eigenvalue weighted by molar-refractivity contribution is 0.354. The lowest BCUT2D eigenvalue weighted by atomic mass is 10.5. The van der Waals surface area contributed by atoms with E-state index >= 15 is 0 Å². The van der Waals surface area contributed by atoms with Crippen molar-refractivity contribution in [2.75, 3.05) is 6.61 Å². The number of rotatable bonds is 5. The van der Waals surface area contributed by atoms with Crippen molar-refractivity contribution in [1.82, 2.24) is 0 Å². The Morgan fingerprint density at radius 2 is 1.75 bits per heavy atom. The summed E-state index contributed by atoms with van der Waals surface area (Å²) < 4.78 is 5.65. The van der Waals surface area contributed by atoms with Crippen LogP contribution in [0.3, 0.4) is 0 Å². The molecule has 0 fully saturated rings. The van der Waals surface area contributed by atoms with Crippen LogP contribution in [0.4, 0.5) is 0 Å². The lowest BCUT2D eigenvalue weighted by Crippen LogP contribution is -2.06. The molecule has 3 heteroatoms. The van der Waals surface area contributed by atoms with Crippen LogP contribution in [-0.4, -0.2) is 17.9 Å². The highest BCUT2D eigenvalue weighted by Crippen LogP contribution is 2.46. The minimum absolute atomic E-state index is 0.341. The minimum atomic E-state index is -0.341. The molecule has 0 saturated carbocycles. The molecule has 0 spiro atoms. The van der Waals surface area contributed by atoms with Crippen LogP contribution in [0.1, 0.15) is 34.1 Å². The first-order chi connectivity index (χ1) is 5.59. The third-order valence-electron chi connectivity index (χ3n) is 1.47. The van der Waals surface area contributed by atoms with Gasteiger partial charge in [-0.2, -0.15) is 5.26 Å². The molecular weight excluding hydrogens is 169 g/mol. The maximum Gasteiger partial charge on any atom is 0.0646 e. The largest absolute Gasteiger partial charge is 0.358 e. The van der Waals surface area contributed by atoms with Gasteiger partial charge in [0.25, 0.3) is 0 Å². The SMILES string of the molecule is CC(C)P(OCCC#N)C(C)C. The fraction of sp³-hybridized carbons (Fsp3) is 0.889. The van der Waals surface area contributed by atoms with Gasteiger partial charge >= 0.3 is 0 Å². The number of hydrogen-bond donors (Lipinski definition) is 0. The van der Waals surface area contributed by atoms with E-state index in [1.165, 1.54) is 0 Å². The molecule has 12 heavy (non-hydrogen) atoms. The average Bonchev–Trinajstić information content (AvgIpc) is 1.96. The van der Waals surface area contributed by atoms with Crippen molar-refractivity contribution >= 4 is 8.15 Å². The molecule has 0 aromatic rings. The summed E-state index contributed by atoms with van der Waals surface area (Å²) in [6.45, 7) is 9.31. The Bertz CT molecular complexity index is 143. The summed E-state index contributed by atoms with van der Waals surface area (Å²) in [5, 5.41) is 8.33. The van der Waals surface area contributed by atoms with Gasteiger partial charge in [-0.25, -0.2) is 0 Å². The van der Waals surface area contributed by atoms with E-state index in [4.69, 9.17) is 9.79 Å². The average molecular weight is 187 g/mol. The van der Waals surface area contributed by atoms with E-state index in [1.807, 2.05) is 0 Å². The summed E-state index contributed by atoms with van der Waals surface area (Å²) in [5.41, 5.74) is 1.19. The Morgan fingerprint density at radius 1 is 1.25 bits per heavy atom. The summed E-state index contributed by atoms with van der Waals surface area (Å²) in [4.78, 5) is 0. The van der Waals surface area contributed by atoms with Crippen LogP contribution >= 0.6 is 8.15 Å². The molecule has 0 aliphatic rings. The predicted octanol–water partition coefficient (Wildman–Crippen LogP) is 3.13. The van der Waals surface area contributed by atoms with Gasteiger partial charge < -0.3 is 4.52 Å². The zero-order chi connectivity index (χ0) is 9.56. The molecule has 0 atom stereocenters. The fourth-order valence-electron chi connectivity index (χ4n) is 1.09. The molecular formula is C9H18NOP. The molecule has 2 nitrogen and oxygen atoms in total. The Balaban J connectivity index is 3.74. The van der Waals surface area contributed by atoms with Gasteiger partial charge in [0.15, 0.2) is 0 Å². The second kappa shape index (κ2) is 6.40. The van der Waals surface area contributed by atoms with Gasteiger partial charge in [-0.1, -0.05) is 27.7 Å². The molecule has 0 aliphatic heterocycles. The van der Waals surface area contributed by atoms with Crippen molar-refractivity contribution in [2.24, 2.45) is 0 Å². The first kappa shape index (κ1) is 11.9. The Kier molecular flexibility index (Phi) is 6.34. The van der Waals surface area contributed by atoms with Crippen LogP contribution in [-0.2, 0) is 4.52 Å². The molecule has 0 aromatic carbocycles. The maximum absolute atomic E-state index is 8.33. The monoisotopic (exact) mass is 187 g/mol. The maximum atomic E-state index is 8.33. The molecule has 0 unspecified atom stereocenters. The van der Waals surface area contributed by atoms with Gasteiger partial charge in [-0.3, -0.25) is 0 Å². The first-order valence-electron chi connectivity index (χ1n) is 4.37. The van der Waals surface area contributed by atoms with Crippen LogP contribution in [0.5, 0.6) is 0 Å². The van der Waals surface area contributed by atoms with E-state index in [1.54, 1.807) is 0 Å². The van der Waals surface area contributed by atoms with Crippen molar-refractivity contribution in [3.05, 3.63) is 0 Å². The standard InChI is InChI=1S/C9H18NOP/c1-8(2)12(9(3)4)11-7-5-6-10/h8-9H,5,7H2,1-4H3. The van der Waals surface area contributed by atoms with E-state index in [-0.39, 0.29) is 8.15 Å². The van der Waals surface area contributed by atoms with Crippen LogP contribution in [0.15, 0.2) is 0 Å². The Hall–Kier alpha value is -0.120. The van der Waals surface area contributed by atoms with E-state index in [0.29, 0.717) is 24.3 Å². The topological polar surface area (TPSA) is 33.0 Å². The Morgan fingerprint density at radius 3 is 2.08 bits per heavy atom. The van der Waals surface area contributed by atoms with Crippen LogP contribution in [0.25, 0.3) is 0 Å². The van der Waals surface area contributed by atoms with E-state index in [0.717, 1.165) is 0 Å². The van der Waals surface area contributed by atoms with Crippen molar-refractivity contribution < 1.29 is 4.52 Å². The smallest absolute Gasteiger partial charge is 0.0646 e. The highest BCUT2D eigenvalue weighted by molar-refractivity contribution is 7.54. The molecule has 70 valence electrons. The van der Waals surface area contributed by atoms with Crippen LogP contribution in [0, 0.1) is 11.3 Å². The van der Waals surface area contributed by atoms with Crippen molar-refractivity contribution in [3.63, 3.8) is 0 Å². The number of nitriles is 1. The van der Waals surface area contributed by atoms with Gasteiger partial charge in [0.05, 0.1) is 19.1 Å². The summed E-state index contributed by atoms with van der Waals surface area (Å²) in [5.74, 6) is 0. The predicted molar refractivity (Wildman–Crippen MR) is 53.4 cm³/mol. The molecule has 0 N–H and O–H groups in total. The zero-order valence-corrected chi connectivity index (χ0v) is 9.27. The fourth-order valence-corrected chi connectivity index (χ4v) is 3.18. The molecule has 0 amide bonds. The lowest BCUT2D eigenvalue weighted by Gasteiger charge is -2.24. The molecule has 0 aliphatic carbocycles. The number of hydrogen-bond acceptors (Lipinski definition) is 2. The van der Waals surface area contributed by atoms with Crippen molar-refractivity contribution in [1.29, 1.82) is 5.26 Å². The van der Waals surface area contributed by atoms with E-state index < -0.39 is 0 Å². The van der Waals surface area contributed by atoms with Gasteiger partial charge in [-0.15, -0.1) is 0 Å². The Labute approximate surface area is 76.8 Å². The molecule has 0 radical (unpaired) electrons. The zero-order valence-electron chi connectivity index (χ0n) is 8.37. The molecule has 0 heterocycles. The molecule has 0 saturated heterocycles. The van der Waals surface area contributed by atoms with Gasteiger partial charge in [0, 0.05) is 8.15 Å². The van der Waals surface area contributed by atoms with E-state index in [9.17, 15) is 0 Å². The molecule has 0 bridgehead atoms. The third kappa shape index (κ3) is 4.70. The quantitative estimate of drug-likeness (QED) is 0.489. The summed E-state index contributed by atoms with van der Waals surface area (Å²) >= 11 is 0. The van der Waals surface area contributed by atoms with Gasteiger partial charge in [-0.05, 0) is 11.3 Å². The molecule has 0 aromatic heterocycles. The van der Waals surface area contributed by atoms with Crippen molar-refractivity contribution in [2.45, 2.75) is 45.4 Å². The van der Waals surface area contributed by atoms with Crippen LogP contribution < -0.4 is 0 Å². The number of nitrogens with zero attached hydrogens (tertiary/aromatic N) is 1. The summed E-state index contributed by atoms with van der Waals surface area (Å²) in [7, 11) is -0.341. The first-order valence-corrected chi connectivity index (χ1v) is 5.77. The second-order valence-corrected chi connectivity index (χ2v) is 6.33. The minimum Gasteiger partial charge on any atom is -0.358 e. The summed E-state index contributed by atoms with van der Waals surface area (Å²) in [6, 6.07) is 2.09. The summed E-state index contributed by atoms with van der Waals surface area (Å²) in [6.07, 6.45) is 0.512. The van der Waals surface area contributed by atoms with Crippen molar-refractivity contribution in [3.8, 4) is 6.07 Å². The third-order valence-corrected chi connectivity index (χ3v) is 3.99. The van der Waals surface area contributed by atoms with Crippen LogP contribution in [0.2, 0.25) is 0 Å². The highest BCUT2D eigenvalue weighted by atomic mass is 31.1. The molecule has 0 rings (SSSR count). The van der Waals surface area contributed by atoms with E-state index in [2.05, 4.69) is 33.8 Å².